The van der Waals surface area contributed by atoms with Crippen molar-refractivity contribution >= 4 is 5.91 Å². The van der Waals surface area contributed by atoms with Gasteiger partial charge in [-0.05, 0) is 25.5 Å². The minimum absolute atomic E-state index is 0.155. The largest absolute Gasteiger partial charge is 0.496 e. The third-order valence-electron chi connectivity index (χ3n) is 3.00. The van der Waals surface area contributed by atoms with Gasteiger partial charge in [0.1, 0.15) is 5.75 Å². The van der Waals surface area contributed by atoms with E-state index >= 15 is 0 Å². The van der Waals surface area contributed by atoms with E-state index in [0.29, 0.717) is 17.9 Å². The zero-order chi connectivity index (χ0) is 12.9. The summed E-state index contributed by atoms with van der Waals surface area (Å²) < 4.78 is 5.16. The van der Waals surface area contributed by atoms with Gasteiger partial charge in [0.05, 0.1) is 12.7 Å². The van der Waals surface area contributed by atoms with Crippen molar-refractivity contribution in [2.75, 3.05) is 13.7 Å². The molecule has 0 bridgehead atoms. The van der Waals surface area contributed by atoms with Crippen LogP contribution in [0.5, 0.6) is 5.75 Å². The van der Waals surface area contributed by atoms with Gasteiger partial charge < -0.3 is 15.8 Å². The van der Waals surface area contributed by atoms with Gasteiger partial charge in [-0.3, -0.25) is 4.79 Å². The molecule has 0 radical (unpaired) electrons. The Bertz CT molecular complexity index is 387. The molecule has 1 unspecified atom stereocenters. The molecule has 0 heterocycles. The van der Waals surface area contributed by atoms with Crippen LogP contribution in [-0.2, 0) is 0 Å². The molecule has 3 N–H and O–H groups in total. The van der Waals surface area contributed by atoms with Crippen LogP contribution in [0.3, 0.4) is 0 Å². The number of hydrogen-bond donors (Lipinski definition) is 2. The fourth-order valence-corrected chi connectivity index (χ4v) is 1.46. The molecule has 1 rings (SSSR count). The molecule has 0 spiro atoms. The Morgan fingerprint density at radius 3 is 2.65 bits per heavy atom. The van der Waals surface area contributed by atoms with Gasteiger partial charge in [-0.15, -0.1) is 0 Å². The van der Waals surface area contributed by atoms with E-state index in [1.165, 1.54) is 0 Å². The highest BCUT2D eigenvalue weighted by molar-refractivity contribution is 5.97. The fraction of sp³-hybridized carbons (Fsp3) is 0.462. The minimum atomic E-state index is -0.377. The highest BCUT2D eigenvalue weighted by Crippen LogP contribution is 2.18. The van der Waals surface area contributed by atoms with E-state index in [0.717, 1.165) is 6.42 Å². The van der Waals surface area contributed by atoms with E-state index < -0.39 is 0 Å². The molecular formula is C13H20N2O2. The number of carbonyl (C=O) groups excluding carboxylic acids is 1. The maximum absolute atomic E-state index is 12.1. The zero-order valence-corrected chi connectivity index (χ0v) is 10.6. The molecule has 0 aliphatic rings. The summed E-state index contributed by atoms with van der Waals surface area (Å²) in [6.45, 7) is 4.33. The summed E-state index contributed by atoms with van der Waals surface area (Å²) in [4.78, 5) is 12.1. The average molecular weight is 236 g/mol. The van der Waals surface area contributed by atoms with Crippen LogP contribution in [-0.4, -0.2) is 25.1 Å². The van der Waals surface area contributed by atoms with Crippen LogP contribution in [0.2, 0.25) is 0 Å². The number of benzene rings is 1. The smallest absolute Gasteiger partial charge is 0.255 e. The lowest BCUT2D eigenvalue weighted by atomic mass is 9.98. The Hall–Kier alpha value is -1.55. The summed E-state index contributed by atoms with van der Waals surface area (Å²) in [6, 6.07) is 7.14. The summed E-state index contributed by atoms with van der Waals surface area (Å²) in [5.41, 5.74) is 5.82. The summed E-state index contributed by atoms with van der Waals surface area (Å²) in [5.74, 6) is 0.415. The van der Waals surface area contributed by atoms with Crippen molar-refractivity contribution in [2.24, 2.45) is 5.73 Å². The molecule has 1 atom stereocenters. The third kappa shape index (κ3) is 3.20. The molecule has 1 aromatic carbocycles. The number of para-hydroxylation sites is 1. The Kier molecular flexibility index (Phi) is 4.52. The molecule has 4 nitrogen and oxygen atoms in total. The molecule has 0 aliphatic heterocycles. The van der Waals surface area contributed by atoms with Crippen LogP contribution in [0.1, 0.15) is 30.6 Å². The van der Waals surface area contributed by atoms with E-state index in [1.54, 1.807) is 19.2 Å². The van der Waals surface area contributed by atoms with Gasteiger partial charge in [-0.2, -0.15) is 0 Å². The molecule has 1 aromatic rings. The summed E-state index contributed by atoms with van der Waals surface area (Å²) >= 11 is 0. The van der Waals surface area contributed by atoms with E-state index in [2.05, 4.69) is 5.32 Å². The Labute approximate surface area is 102 Å². The second-order valence-corrected chi connectivity index (χ2v) is 4.27. The van der Waals surface area contributed by atoms with Crippen LogP contribution in [0.4, 0.5) is 0 Å². The van der Waals surface area contributed by atoms with E-state index in [-0.39, 0.29) is 11.4 Å². The number of carbonyl (C=O) groups is 1. The van der Waals surface area contributed by atoms with Crippen LogP contribution in [0, 0.1) is 0 Å². The number of nitrogens with two attached hydrogens (primary N) is 1. The normalized spacial score (nSPS) is 13.9. The molecule has 1 amide bonds. The van der Waals surface area contributed by atoms with Crippen molar-refractivity contribution in [1.29, 1.82) is 0 Å². The average Bonchev–Trinajstić information content (AvgIpc) is 2.38. The number of nitrogens with one attached hydrogen (secondary N) is 1. The molecule has 0 aliphatic carbocycles. The standard InChI is InChI=1S/C13H20N2O2/c1-4-13(2,9-14)15-12(16)10-7-5-6-8-11(10)17-3/h5-8H,4,9,14H2,1-3H3,(H,15,16). The van der Waals surface area contributed by atoms with Crippen LogP contribution in [0.25, 0.3) is 0 Å². The summed E-state index contributed by atoms with van der Waals surface area (Å²) in [5, 5.41) is 2.94. The SMILES string of the molecule is CCC(C)(CN)NC(=O)c1ccccc1OC. The van der Waals surface area contributed by atoms with Gasteiger partial charge in [0.25, 0.3) is 5.91 Å². The lowest BCUT2D eigenvalue weighted by Gasteiger charge is -2.28. The van der Waals surface area contributed by atoms with Crippen molar-refractivity contribution in [3.05, 3.63) is 29.8 Å². The van der Waals surface area contributed by atoms with Crippen LogP contribution < -0.4 is 15.8 Å². The Balaban J connectivity index is 2.90. The maximum atomic E-state index is 12.1. The first-order valence-electron chi connectivity index (χ1n) is 5.72. The van der Waals surface area contributed by atoms with Gasteiger partial charge in [-0.1, -0.05) is 19.1 Å². The van der Waals surface area contributed by atoms with Gasteiger partial charge in [0.15, 0.2) is 0 Å². The number of rotatable bonds is 5. The number of amides is 1. The lowest BCUT2D eigenvalue weighted by molar-refractivity contribution is 0.0903. The van der Waals surface area contributed by atoms with Crippen molar-refractivity contribution in [1.82, 2.24) is 5.32 Å². The second kappa shape index (κ2) is 5.68. The predicted octanol–water partition coefficient (Wildman–Crippen LogP) is 1.55. The first-order chi connectivity index (χ1) is 8.06. The molecule has 0 aromatic heterocycles. The van der Waals surface area contributed by atoms with Crippen LogP contribution in [0.15, 0.2) is 24.3 Å². The first-order valence-corrected chi connectivity index (χ1v) is 5.72. The molecule has 94 valence electrons. The highest BCUT2D eigenvalue weighted by atomic mass is 16.5. The first kappa shape index (κ1) is 13.5. The maximum Gasteiger partial charge on any atom is 0.255 e. The fourth-order valence-electron chi connectivity index (χ4n) is 1.46. The monoisotopic (exact) mass is 236 g/mol. The van der Waals surface area contributed by atoms with Crippen molar-refractivity contribution < 1.29 is 9.53 Å². The van der Waals surface area contributed by atoms with Gasteiger partial charge in [0, 0.05) is 12.1 Å². The number of ether oxygens (including phenoxy) is 1. The molecule has 0 saturated heterocycles. The molecule has 17 heavy (non-hydrogen) atoms. The number of hydrogen-bond acceptors (Lipinski definition) is 3. The number of methoxy groups -OCH3 is 1. The van der Waals surface area contributed by atoms with E-state index in [1.807, 2.05) is 26.0 Å². The Morgan fingerprint density at radius 1 is 1.47 bits per heavy atom. The van der Waals surface area contributed by atoms with E-state index in [4.69, 9.17) is 10.5 Å². The molecule has 0 saturated carbocycles. The quantitative estimate of drug-likeness (QED) is 0.815. The van der Waals surface area contributed by atoms with Gasteiger partial charge in [0.2, 0.25) is 0 Å². The van der Waals surface area contributed by atoms with Crippen molar-refractivity contribution in [3.8, 4) is 5.75 Å². The van der Waals surface area contributed by atoms with E-state index in [9.17, 15) is 4.79 Å². The lowest BCUT2D eigenvalue weighted by Crippen LogP contribution is -2.50. The van der Waals surface area contributed by atoms with Gasteiger partial charge in [-0.25, -0.2) is 0 Å². The second-order valence-electron chi connectivity index (χ2n) is 4.27. The molecular weight excluding hydrogens is 216 g/mol. The topological polar surface area (TPSA) is 64.3 Å². The molecule has 4 heteroatoms. The van der Waals surface area contributed by atoms with Gasteiger partial charge >= 0.3 is 0 Å². The predicted molar refractivity (Wildman–Crippen MR) is 68.2 cm³/mol. The third-order valence-corrected chi connectivity index (χ3v) is 3.00. The highest BCUT2D eigenvalue weighted by Gasteiger charge is 2.24. The summed E-state index contributed by atoms with van der Waals surface area (Å²) in [6.07, 6.45) is 0.782. The van der Waals surface area contributed by atoms with Crippen molar-refractivity contribution in [2.45, 2.75) is 25.8 Å². The summed E-state index contributed by atoms with van der Waals surface area (Å²) in [7, 11) is 1.55. The van der Waals surface area contributed by atoms with Crippen LogP contribution >= 0.6 is 0 Å². The zero-order valence-electron chi connectivity index (χ0n) is 10.6. The Morgan fingerprint density at radius 2 is 2.12 bits per heavy atom. The minimum Gasteiger partial charge on any atom is -0.496 e. The van der Waals surface area contributed by atoms with Crippen molar-refractivity contribution in [3.63, 3.8) is 0 Å². The molecule has 0 fully saturated rings.